The third-order valence-corrected chi connectivity index (χ3v) is 15.3. The molecule has 0 atom stereocenters. The van der Waals surface area contributed by atoms with Gasteiger partial charge >= 0.3 is 0 Å². The lowest BCUT2D eigenvalue weighted by atomic mass is 9.91. The van der Waals surface area contributed by atoms with Crippen LogP contribution in [0.5, 0.6) is 0 Å². The average molecular weight is 1050 g/mol. The number of benzene rings is 11. The molecule has 14 rings (SSSR count). The Morgan fingerprint density at radius 3 is 0.927 bits per heavy atom. The molecule has 0 radical (unpaired) electrons. The molecule has 11 aromatic carbocycles. The van der Waals surface area contributed by atoms with Crippen molar-refractivity contribution in [2.24, 2.45) is 0 Å². The second-order valence-corrected chi connectivity index (χ2v) is 20.6. The van der Waals surface area contributed by atoms with Crippen molar-refractivity contribution in [2.75, 3.05) is 0 Å². The van der Waals surface area contributed by atoms with Gasteiger partial charge in [0, 0.05) is 44.3 Å². The molecule has 0 unspecified atom stereocenters. The summed E-state index contributed by atoms with van der Waals surface area (Å²) in [5, 5.41) is 0.952. The summed E-state index contributed by atoms with van der Waals surface area (Å²) in [5.74, 6) is 0.627. The molecule has 3 heterocycles. The first-order valence-electron chi connectivity index (χ1n) is 27.8. The van der Waals surface area contributed by atoms with E-state index in [1.165, 1.54) is 0 Å². The highest BCUT2D eigenvalue weighted by atomic mass is 14.9. The van der Waals surface area contributed by atoms with Crippen LogP contribution in [0.1, 0.15) is 0 Å². The third kappa shape index (κ3) is 10.2. The lowest BCUT2D eigenvalue weighted by Gasteiger charge is -2.17. The number of fused-ring (bicyclic) bond motifs is 1. The van der Waals surface area contributed by atoms with Gasteiger partial charge in [-0.15, -0.1) is 0 Å². The minimum atomic E-state index is 0.627. The summed E-state index contributed by atoms with van der Waals surface area (Å²) in [4.78, 5) is 21.7. The maximum Gasteiger partial charge on any atom is 0.160 e. The van der Waals surface area contributed by atoms with Crippen LogP contribution in [-0.4, -0.2) is 19.9 Å². The van der Waals surface area contributed by atoms with Crippen LogP contribution >= 0.6 is 0 Å². The summed E-state index contributed by atoms with van der Waals surface area (Å²) in [6.45, 7) is 0. The number of hydrogen-bond acceptors (Lipinski definition) is 4. The fourth-order valence-electron chi connectivity index (χ4n) is 11.0. The van der Waals surface area contributed by atoms with E-state index in [9.17, 15) is 0 Å². The van der Waals surface area contributed by atoms with Crippen molar-refractivity contribution in [1.29, 1.82) is 0 Å². The SMILES string of the molecule is c1ccc(-c2cccc(-c3cc(-c4cccc(-c5ccccc5)c4)c4nc(-c5ccc(-c6cc(-c7ccccc7)cc(-c7ccccc7)n6)cc5)nc(-c5ccc(-c6cc(-c7ccccc7)nc(-c7ccccc7)c6)cc5)c4c3)c2)cc1. The lowest BCUT2D eigenvalue weighted by Crippen LogP contribution is -1.98. The molecule has 0 fully saturated rings. The molecular weight excluding hydrogens is 993 g/mol. The predicted molar refractivity (Wildman–Crippen MR) is 340 cm³/mol. The fourth-order valence-corrected chi connectivity index (χ4v) is 11.0. The van der Waals surface area contributed by atoms with Crippen LogP contribution in [-0.2, 0) is 0 Å². The van der Waals surface area contributed by atoms with E-state index >= 15 is 0 Å². The van der Waals surface area contributed by atoms with E-state index in [1.54, 1.807) is 0 Å². The van der Waals surface area contributed by atoms with Crippen LogP contribution < -0.4 is 0 Å². The Balaban J connectivity index is 0.957. The smallest absolute Gasteiger partial charge is 0.160 e. The highest BCUT2D eigenvalue weighted by Gasteiger charge is 2.20. The standard InChI is InChI=1S/C78H52N4/c1-7-21-53(22-8-1)63-33-19-35-65(45-63)67-47-70(66-36-20-34-64(46-66)54-23-9-2-10-24-54)77-71(48-67)76(61-41-37-56(38-42-61)69-51-73(58-29-15-5-16-30-58)79-74(52-69)59-31-17-6-18-32-59)81-78(82-77)62-43-39-60(40-44-62)75-50-68(55-25-11-3-12-26-55)49-72(80-75)57-27-13-4-14-28-57/h1-52H. The van der Waals surface area contributed by atoms with E-state index < -0.39 is 0 Å². The Bertz CT molecular complexity index is 4440. The highest BCUT2D eigenvalue weighted by Crippen LogP contribution is 2.42. The summed E-state index contributed by atoms with van der Waals surface area (Å²) in [5.41, 5.74) is 24.7. The molecule has 3 aromatic heterocycles. The first-order chi connectivity index (χ1) is 40.6. The van der Waals surface area contributed by atoms with Gasteiger partial charge in [-0.1, -0.05) is 267 Å². The van der Waals surface area contributed by atoms with Crippen LogP contribution in [0.4, 0.5) is 0 Å². The first-order valence-corrected chi connectivity index (χ1v) is 27.8. The molecule has 4 heteroatoms. The van der Waals surface area contributed by atoms with Gasteiger partial charge in [0.25, 0.3) is 0 Å². The fraction of sp³-hybridized carbons (Fsp3) is 0. The predicted octanol–water partition coefficient (Wildman–Crippen LogP) is 20.4. The van der Waals surface area contributed by atoms with Crippen molar-refractivity contribution < 1.29 is 0 Å². The number of aromatic nitrogens is 4. The molecule has 14 aromatic rings. The zero-order chi connectivity index (χ0) is 54.6. The van der Waals surface area contributed by atoms with Crippen LogP contribution in [0.15, 0.2) is 315 Å². The van der Waals surface area contributed by atoms with E-state index in [0.29, 0.717) is 5.82 Å². The van der Waals surface area contributed by atoms with E-state index in [-0.39, 0.29) is 0 Å². The number of nitrogens with zero attached hydrogens (tertiary/aromatic N) is 4. The number of rotatable bonds is 12. The van der Waals surface area contributed by atoms with Crippen molar-refractivity contribution >= 4 is 10.9 Å². The monoisotopic (exact) mass is 1040 g/mol. The van der Waals surface area contributed by atoms with Crippen molar-refractivity contribution in [2.45, 2.75) is 0 Å². The molecule has 384 valence electrons. The largest absolute Gasteiger partial charge is 0.248 e. The first kappa shape index (κ1) is 49.4. The van der Waals surface area contributed by atoms with Gasteiger partial charge < -0.3 is 0 Å². The van der Waals surface area contributed by atoms with E-state index in [4.69, 9.17) is 19.9 Å². The average Bonchev–Trinajstić information content (AvgIpc) is 3.67. The molecule has 82 heavy (non-hydrogen) atoms. The van der Waals surface area contributed by atoms with Crippen LogP contribution in [0, 0.1) is 0 Å². The molecule has 0 aliphatic carbocycles. The maximum absolute atomic E-state index is 5.63. The Morgan fingerprint density at radius 1 is 0.171 bits per heavy atom. The van der Waals surface area contributed by atoms with E-state index in [2.05, 4.69) is 297 Å². The lowest BCUT2D eigenvalue weighted by molar-refractivity contribution is 1.23. The van der Waals surface area contributed by atoms with E-state index in [0.717, 1.165) is 140 Å². The summed E-state index contributed by atoms with van der Waals surface area (Å²) in [7, 11) is 0. The minimum absolute atomic E-state index is 0.627. The zero-order valence-electron chi connectivity index (χ0n) is 44.8. The van der Waals surface area contributed by atoms with Crippen molar-refractivity contribution in [3.05, 3.63) is 315 Å². The Labute approximate surface area is 478 Å². The molecule has 4 nitrogen and oxygen atoms in total. The quantitative estimate of drug-likeness (QED) is 0.122. The van der Waals surface area contributed by atoms with E-state index in [1.807, 2.05) is 18.2 Å². The molecule has 0 spiro atoms. The van der Waals surface area contributed by atoms with Crippen LogP contribution in [0.25, 0.3) is 145 Å². The van der Waals surface area contributed by atoms with Crippen LogP contribution in [0.2, 0.25) is 0 Å². The summed E-state index contributed by atoms with van der Waals surface area (Å²) < 4.78 is 0. The van der Waals surface area contributed by atoms with Gasteiger partial charge in [-0.3, -0.25) is 0 Å². The van der Waals surface area contributed by atoms with Gasteiger partial charge in [0.1, 0.15) is 0 Å². The zero-order valence-corrected chi connectivity index (χ0v) is 44.8. The molecule has 0 aliphatic heterocycles. The summed E-state index contributed by atoms with van der Waals surface area (Å²) >= 11 is 0. The number of hydrogen-bond donors (Lipinski definition) is 0. The second kappa shape index (κ2) is 22.1. The van der Waals surface area contributed by atoms with Crippen molar-refractivity contribution in [1.82, 2.24) is 19.9 Å². The summed E-state index contributed by atoms with van der Waals surface area (Å²) in [6.07, 6.45) is 0. The van der Waals surface area contributed by atoms with Crippen molar-refractivity contribution in [3.8, 4) is 134 Å². The van der Waals surface area contributed by atoms with Gasteiger partial charge in [0.05, 0.1) is 34.0 Å². The molecule has 0 amide bonds. The molecule has 0 saturated carbocycles. The molecule has 0 N–H and O–H groups in total. The van der Waals surface area contributed by atoms with Gasteiger partial charge in [0.15, 0.2) is 5.82 Å². The molecule has 0 bridgehead atoms. The molecule has 0 saturated heterocycles. The van der Waals surface area contributed by atoms with Gasteiger partial charge in [-0.25, -0.2) is 19.9 Å². The Hall–Kier alpha value is -10.9. The van der Waals surface area contributed by atoms with Crippen LogP contribution in [0.3, 0.4) is 0 Å². The van der Waals surface area contributed by atoms with Gasteiger partial charge in [0.2, 0.25) is 0 Å². The Kier molecular flexibility index (Phi) is 13.3. The highest BCUT2D eigenvalue weighted by molar-refractivity contribution is 6.05. The molecular formula is C78H52N4. The summed E-state index contributed by atoms with van der Waals surface area (Å²) in [6, 6.07) is 111. The van der Waals surface area contributed by atoms with Gasteiger partial charge in [-0.05, 0) is 110 Å². The van der Waals surface area contributed by atoms with Gasteiger partial charge in [-0.2, -0.15) is 0 Å². The molecule has 0 aliphatic rings. The number of pyridine rings is 2. The second-order valence-electron chi connectivity index (χ2n) is 20.6. The minimum Gasteiger partial charge on any atom is -0.248 e. The Morgan fingerprint density at radius 2 is 0.476 bits per heavy atom. The third-order valence-electron chi connectivity index (χ3n) is 15.3. The maximum atomic E-state index is 5.63. The topological polar surface area (TPSA) is 51.6 Å². The normalized spacial score (nSPS) is 11.2. The van der Waals surface area contributed by atoms with Crippen molar-refractivity contribution in [3.63, 3.8) is 0 Å².